The van der Waals surface area contributed by atoms with Crippen LogP contribution in [0, 0.1) is 12.8 Å². The highest BCUT2D eigenvalue weighted by molar-refractivity contribution is 6.03. The smallest absolute Gasteiger partial charge is 0.355 e. The molecule has 0 aliphatic heterocycles. The number of carbonyl (C=O) groups is 2. The molecule has 1 aromatic carbocycles. The van der Waals surface area contributed by atoms with Gasteiger partial charge >= 0.3 is 5.97 Å². The van der Waals surface area contributed by atoms with Gasteiger partial charge in [-0.2, -0.15) is 0 Å². The number of hydrogen-bond acceptors (Lipinski definition) is 6. The number of ketones is 1. The number of Topliss-reactive ketones (excluding diaryl/α,β-unsaturated/α-hetero) is 1. The van der Waals surface area contributed by atoms with E-state index in [2.05, 4.69) is 11.9 Å². The fraction of sp³-hybridized carbons (Fsp3) is 0.538. The number of hydrogen-bond donors (Lipinski definition) is 1. The second kappa shape index (κ2) is 9.49. The lowest BCUT2D eigenvalue weighted by molar-refractivity contribution is 0.0167. The van der Waals surface area contributed by atoms with Crippen molar-refractivity contribution in [2.24, 2.45) is 5.92 Å². The van der Waals surface area contributed by atoms with Gasteiger partial charge in [-0.1, -0.05) is 6.92 Å². The Morgan fingerprint density at radius 2 is 1.61 bits per heavy atom. The van der Waals surface area contributed by atoms with E-state index in [0.29, 0.717) is 52.8 Å². The van der Waals surface area contributed by atoms with Crippen LogP contribution in [-0.4, -0.2) is 44.2 Å². The first kappa shape index (κ1) is 23.2. The second-order valence-corrected chi connectivity index (χ2v) is 9.25. The number of aromatic amines is 1. The molecule has 1 aromatic heterocycles. The van der Waals surface area contributed by atoms with Crippen molar-refractivity contribution in [1.82, 2.24) is 4.98 Å². The van der Waals surface area contributed by atoms with E-state index < -0.39 is 0 Å². The molecule has 1 fully saturated rings. The number of H-pyrrole nitrogens is 1. The highest BCUT2D eigenvalue weighted by Crippen LogP contribution is 2.43. The first-order chi connectivity index (χ1) is 15.9. The Kier molecular flexibility index (Phi) is 6.68. The summed E-state index contributed by atoms with van der Waals surface area (Å²) >= 11 is 0. The van der Waals surface area contributed by atoms with Crippen molar-refractivity contribution < 1.29 is 28.5 Å². The highest BCUT2D eigenvalue weighted by Gasteiger charge is 2.34. The quantitative estimate of drug-likeness (QED) is 0.617. The second-order valence-electron chi connectivity index (χ2n) is 9.25. The summed E-state index contributed by atoms with van der Waals surface area (Å²) in [6.45, 7) is 4.06. The summed E-state index contributed by atoms with van der Waals surface area (Å²) in [5, 5.41) is 0. The van der Waals surface area contributed by atoms with Crippen LogP contribution in [-0.2, 0) is 11.2 Å². The molecule has 2 aliphatic rings. The number of nitrogens with one attached hydrogen (secondary N) is 1. The Bertz CT molecular complexity index is 1020. The molecule has 0 bridgehead atoms. The van der Waals surface area contributed by atoms with Crippen molar-refractivity contribution in [2.75, 3.05) is 21.3 Å². The first-order valence-electron chi connectivity index (χ1n) is 11.6. The zero-order valence-electron chi connectivity index (χ0n) is 20.1. The molecule has 33 heavy (non-hydrogen) atoms. The van der Waals surface area contributed by atoms with Crippen LogP contribution in [0.3, 0.4) is 0 Å². The normalized spacial score (nSPS) is 22.5. The van der Waals surface area contributed by atoms with Crippen LogP contribution in [0.5, 0.6) is 17.2 Å². The minimum Gasteiger partial charge on any atom is -0.493 e. The van der Waals surface area contributed by atoms with E-state index in [4.69, 9.17) is 18.9 Å². The summed E-state index contributed by atoms with van der Waals surface area (Å²) in [6, 6.07) is 3.78. The van der Waals surface area contributed by atoms with E-state index >= 15 is 0 Å². The Labute approximate surface area is 194 Å². The van der Waals surface area contributed by atoms with E-state index in [-0.39, 0.29) is 23.8 Å². The fourth-order valence-electron chi connectivity index (χ4n) is 5.17. The molecule has 0 radical (unpaired) electrons. The molecule has 1 saturated carbocycles. The molecule has 0 amide bonds. The predicted octanol–water partition coefficient (Wildman–Crippen LogP) is 5.00. The molecule has 7 nitrogen and oxygen atoms in total. The van der Waals surface area contributed by atoms with Gasteiger partial charge in [0.05, 0.1) is 21.3 Å². The maximum absolute atomic E-state index is 13.1. The van der Waals surface area contributed by atoms with Gasteiger partial charge in [0.1, 0.15) is 11.8 Å². The number of benzene rings is 1. The minimum absolute atomic E-state index is 0.0225. The monoisotopic (exact) mass is 455 g/mol. The van der Waals surface area contributed by atoms with E-state index in [1.807, 2.05) is 19.1 Å². The number of esters is 1. The topological polar surface area (TPSA) is 86.9 Å². The van der Waals surface area contributed by atoms with E-state index in [1.54, 1.807) is 21.3 Å². The molecule has 7 heteroatoms. The van der Waals surface area contributed by atoms with Crippen LogP contribution in [0.4, 0.5) is 0 Å². The summed E-state index contributed by atoms with van der Waals surface area (Å²) in [5.41, 5.74) is 3.43. The molecule has 0 spiro atoms. The number of carbonyl (C=O) groups excluding carboxylic acids is 2. The zero-order chi connectivity index (χ0) is 23.7. The summed E-state index contributed by atoms with van der Waals surface area (Å²) < 4.78 is 22.2. The molecular formula is C26H33NO6. The van der Waals surface area contributed by atoms with Crippen molar-refractivity contribution in [3.8, 4) is 17.2 Å². The number of fused-ring (bicyclic) bond motifs is 1. The van der Waals surface area contributed by atoms with Crippen molar-refractivity contribution >= 4 is 11.8 Å². The van der Waals surface area contributed by atoms with E-state index in [0.717, 1.165) is 36.9 Å². The van der Waals surface area contributed by atoms with Gasteiger partial charge in [0, 0.05) is 17.7 Å². The summed E-state index contributed by atoms with van der Waals surface area (Å²) in [4.78, 5) is 29.3. The molecule has 178 valence electrons. The highest BCUT2D eigenvalue weighted by atomic mass is 16.5. The standard InChI is InChI=1S/C26H33NO6/c1-14-6-8-18(9-7-14)33-26(29)24-15(2)23-19(27-24)10-16(11-20(23)28)17-12-21(30-3)25(32-5)22(13-17)31-4/h12-14,16,18,27H,6-11H2,1-5H3/t14?,16-,18?/m0/s1. The average molecular weight is 456 g/mol. The first-order valence-corrected chi connectivity index (χ1v) is 11.6. The van der Waals surface area contributed by atoms with Crippen LogP contribution in [0.25, 0.3) is 0 Å². The van der Waals surface area contributed by atoms with Crippen molar-refractivity contribution in [2.45, 2.75) is 64.4 Å². The lowest BCUT2D eigenvalue weighted by Gasteiger charge is -2.25. The predicted molar refractivity (Wildman–Crippen MR) is 124 cm³/mol. The Hall–Kier alpha value is -2.96. The zero-order valence-corrected chi connectivity index (χ0v) is 20.1. The van der Waals surface area contributed by atoms with Gasteiger partial charge < -0.3 is 23.9 Å². The van der Waals surface area contributed by atoms with Crippen LogP contribution in [0.2, 0.25) is 0 Å². The van der Waals surface area contributed by atoms with E-state index in [9.17, 15) is 9.59 Å². The van der Waals surface area contributed by atoms with E-state index in [1.165, 1.54) is 0 Å². The summed E-state index contributed by atoms with van der Waals surface area (Å²) in [6.07, 6.45) is 4.85. The SMILES string of the molecule is COc1cc([C@@H]2CC(=O)c3c([nH]c(C(=O)OC4CCC(C)CC4)c3C)C2)cc(OC)c1OC. The number of ether oxygens (including phenoxy) is 4. The Balaban J connectivity index is 1.58. The lowest BCUT2D eigenvalue weighted by Crippen LogP contribution is -2.24. The third kappa shape index (κ3) is 4.45. The molecule has 4 rings (SSSR count). The van der Waals surface area contributed by atoms with Gasteiger partial charge in [0.25, 0.3) is 0 Å². The summed E-state index contributed by atoms with van der Waals surface area (Å²) in [7, 11) is 4.71. The third-order valence-electron chi connectivity index (χ3n) is 7.09. The van der Waals surface area contributed by atoms with Crippen LogP contribution in [0.15, 0.2) is 12.1 Å². The lowest BCUT2D eigenvalue weighted by atomic mass is 9.81. The van der Waals surface area contributed by atoms with Crippen LogP contribution in [0.1, 0.15) is 82.6 Å². The van der Waals surface area contributed by atoms with Crippen molar-refractivity contribution in [1.29, 1.82) is 0 Å². The molecule has 2 aromatic rings. The Morgan fingerprint density at radius 1 is 0.970 bits per heavy atom. The molecule has 0 unspecified atom stereocenters. The average Bonchev–Trinajstić information content (AvgIpc) is 3.16. The number of aromatic nitrogens is 1. The Morgan fingerprint density at radius 3 is 2.18 bits per heavy atom. The molecule has 0 saturated heterocycles. The van der Waals surface area contributed by atoms with Gasteiger partial charge in [-0.3, -0.25) is 4.79 Å². The number of rotatable bonds is 6. The maximum Gasteiger partial charge on any atom is 0.355 e. The molecule has 1 N–H and O–H groups in total. The maximum atomic E-state index is 13.1. The molecule has 2 aliphatic carbocycles. The third-order valence-corrected chi connectivity index (χ3v) is 7.09. The largest absolute Gasteiger partial charge is 0.493 e. The molecular weight excluding hydrogens is 422 g/mol. The minimum atomic E-state index is -0.362. The molecule has 1 atom stereocenters. The van der Waals surface area contributed by atoms with Crippen molar-refractivity contribution in [3.63, 3.8) is 0 Å². The van der Waals surface area contributed by atoms with Gasteiger partial charge in [0.2, 0.25) is 5.75 Å². The molecule has 1 heterocycles. The van der Waals surface area contributed by atoms with Crippen LogP contribution >= 0.6 is 0 Å². The number of methoxy groups -OCH3 is 3. The summed E-state index contributed by atoms with van der Waals surface area (Å²) in [5.74, 6) is 1.90. The van der Waals surface area contributed by atoms with Gasteiger partial charge in [-0.25, -0.2) is 4.79 Å². The van der Waals surface area contributed by atoms with Gasteiger partial charge in [-0.05, 0) is 74.1 Å². The van der Waals surface area contributed by atoms with Crippen LogP contribution < -0.4 is 14.2 Å². The van der Waals surface area contributed by atoms with Crippen molar-refractivity contribution in [3.05, 3.63) is 40.2 Å². The fourth-order valence-corrected chi connectivity index (χ4v) is 5.17. The van der Waals surface area contributed by atoms with Gasteiger partial charge in [-0.15, -0.1) is 0 Å². The van der Waals surface area contributed by atoms with Gasteiger partial charge in [0.15, 0.2) is 17.3 Å².